The monoisotopic (exact) mass is 324 g/mol. The van der Waals surface area contributed by atoms with E-state index in [9.17, 15) is 4.79 Å². The third-order valence-electron chi connectivity index (χ3n) is 3.28. The highest BCUT2D eigenvalue weighted by Gasteiger charge is 2.14. The molecule has 0 saturated heterocycles. The first-order valence-corrected chi connectivity index (χ1v) is 7.77. The summed E-state index contributed by atoms with van der Waals surface area (Å²) in [5, 5.41) is 0. The molecule has 0 unspecified atom stereocenters. The van der Waals surface area contributed by atoms with E-state index >= 15 is 0 Å². The van der Waals surface area contributed by atoms with Crippen molar-refractivity contribution in [2.75, 3.05) is 52.8 Å². The lowest BCUT2D eigenvalue weighted by Crippen LogP contribution is -2.35. The molecule has 0 aliphatic rings. The molecule has 1 rings (SSSR count). The number of benzene rings is 1. The first-order chi connectivity index (χ1) is 11.0. The fraction of sp³-hybridized carbons (Fsp3) is 0.588. The van der Waals surface area contributed by atoms with E-state index in [0.717, 1.165) is 0 Å². The molecule has 0 saturated carbocycles. The van der Waals surface area contributed by atoms with Crippen LogP contribution in [-0.4, -0.2) is 63.9 Å². The first kappa shape index (κ1) is 19.4. The Bertz CT molecular complexity index is 483. The van der Waals surface area contributed by atoms with Gasteiger partial charge >= 0.3 is 0 Å². The van der Waals surface area contributed by atoms with E-state index in [2.05, 4.69) is 0 Å². The number of methoxy groups -OCH3 is 2. The number of hydrogen-bond acceptors (Lipinski definition) is 6. The van der Waals surface area contributed by atoms with Crippen molar-refractivity contribution in [1.82, 2.24) is 4.90 Å². The second-order valence-electron chi connectivity index (χ2n) is 5.60. The molecule has 1 aromatic rings. The van der Waals surface area contributed by atoms with Crippen LogP contribution in [0.25, 0.3) is 0 Å². The standard InChI is InChI=1S/C17H28N2O4/c1-13(2)23-17-6-5-14(11-15(17)18)16(20)12-19(7-9-21-3)8-10-22-4/h5-6,11,13H,7-10,12,18H2,1-4H3. The summed E-state index contributed by atoms with van der Waals surface area (Å²) in [6.45, 7) is 6.66. The molecule has 23 heavy (non-hydrogen) atoms. The largest absolute Gasteiger partial charge is 0.489 e. The lowest BCUT2D eigenvalue weighted by Gasteiger charge is -2.21. The number of ketones is 1. The maximum atomic E-state index is 12.4. The molecule has 1 aromatic carbocycles. The number of hydrogen-bond donors (Lipinski definition) is 1. The van der Waals surface area contributed by atoms with Crippen LogP contribution in [-0.2, 0) is 9.47 Å². The van der Waals surface area contributed by atoms with Gasteiger partial charge in [0.1, 0.15) is 5.75 Å². The molecule has 0 aliphatic heterocycles. The minimum absolute atomic E-state index is 0.0139. The first-order valence-electron chi connectivity index (χ1n) is 7.77. The summed E-state index contributed by atoms with van der Waals surface area (Å²) in [6.07, 6.45) is 0.0393. The van der Waals surface area contributed by atoms with Crippen LogP contribution in [0.4, 0.5) is 5.69 Å². The third-order valence-corrected chi connectivity index (χ3v) is 3.28. The van der Waals surface area contributed by atoms with Gasteiger partial charge in [0.15, 0.2) is 5.78 Å². The van der Waals surface area contributed by atoms with Gasteiger partial charge in [0.2, 0.25) is 0 Å². The normalized spacial score (nSPS) is 11.2. The highest BCUT2D eigenvalue weighted by Crippen LogP contribution is 2.24. The van der Waals surface area contributed by atoms with Crippen LogP contribution in [0.3, 0.4) is 0 Å². The smallest absolute Gasteiger partial charge is 0.176 e. The molecule has 0 radical (unpaired) electrons. The van der Waals surface area contributed by atoms with Crippen molar-refractivity contribution in [3.63, 3.8) is 0 Å². The number of anilines is 1. The van der Waals surface area contributed by atoms with Gasteiger partial charge in [-0.2, -0.15) is 0 Å². The summed E-state index contributed by atoms with van der Waals surface area (Å²) in [4.78, 5) is 14.5. The van der Waals surface area contributed by atoms with Crippen molar-refractivity contribution in [3.8, 4) is 5.75 Å². The van der Waals surface area contributed by atoms with Crippen LogP contribution < -0.4 is 10.5 Å². The molecular formula is C17H28N2O4. The third kappa shape index (κ3) is 6.99. The Morgan fingerprint density at radius 3 is 2.26 bits per heavy atom. The SMILES string of the molecule is COCCN(CCOC)CC(=O)c1ccc(OC(C)C)c(N)c1. The molecule has 0 spiro atoms. The van der Waals surface area contributed by atoms with E-state index in [0.29, 0.717) is 49.8 Å². The summed E-state index contributed by atoms with van der Waals surface area (Å²) in [7, 11) is 3.29. The maximum absolute atomic E-state index is 12.4. The lowest BCUT2D eigenvalue weighted by molar-refractivity contribution is 0.0837. The number of carbonyl (C=O) groups is 1. The van der Waals surface area contributed by atoms with Crippen molar-refractivity contribution >= 4 is 11.5 Å². The number of nitrogens with zero attached hydrogens (tertiary/aromatic N) is 1. The Labute approximate surface area is 138 Å². The quantitative estimate of drug-likeness (QED) is 0.494. The zero-order valence-electron chi connectivity index (χ0n) is 14.5. The predicted molar refractivity (Wildman–Crippen MR) is 91.1 cm³/mol. The van der Waals surface area contributed by atoms with Gasteiger partial charge in [0.05, 0.1) is 31.5 Å². The Balaban J connectivity index is 2.72. The number of rotatable bonds is 11. The molecule has 2 N–H and O–H groups in total. The van der Waals surface area contributed by atoms with E-state index in [1.165, 1.54) is 0 Å². The highest BCUT2D eigenvalue weighted by molar-refractivity contribution is 5.98. The van der Waals surface area contributed by atoms with Crippen molar-refractivity contribution < 1.29 is 19.0 Å². The molecule has 0 aliphatic carbocycles. The van der Waals surface area contributed by atoms with Crippen molar-refractivity contribution in [2.45, 2.75) is 20.0 Å². The molecule has 0 heterocycles. The Kier molecular flexibility index (Phi) is 8.61. The number of nitrogen functional groups attached to an aromatic ring is 1. The Morgan fingerprint density at radius 2 is 1.78 bits per heavy atom. The van der Waals surface area contributed by atoms with Crippen LogP contribution in [0.1, 0.15) is 24.2 Å². The van der Waals surface area contributed by atoms with Gasteiger partial charge in [0, 0.05) is 32.9 Å². The van der Waals surface area contributed by atoms with Gasteiger partial charge in [-0.1, -0.05) is 0 Å². The Morgan fingerprint density at radius 1 is 1.17 bits per heavy atom. The fourth-order valence-electron chi connectivity index (χ4n) is 2.09. The molecule has 6 heteroatoms. The molecule has 6 nitrogen and oxygen atoms in total. The summed E-state index contributed by atoms with van der Waals surface area (Å²) in [6, 6.07) is 5.17. The van der Waals surface area contributed by atoms with Crippen molar-refractivity contribution in [1.29, 1.82) is 0 Å². The average molecular weight is 324 g/mol. The summed E-state index contributed by atoms with van der Waals surface area (Å²) >= 11 is 0. The number of nitrogens with two attached hydrogens (primary N) is 1. The molecular weight excluding hydrogens is 296 g/mol. The molecule has 0 aromatic heterocycles. The fourth-order valence-corrected chi connectivity index (χ4v) is 2.09. The number of Topliss-reactive ketones (excluding diaryl/α,β-unsaturated/α-hetero) is 1. The van der Waals surface area contributed by atoms with Crippen LogP contribution in [0.15, 0.2) is 18.2 Å². The zero-order chi connectivity index (χ0) is 17.2. The van der Waals surface area contributed by atoms with Crippen LogP contribution >= 0.6 is 0 Å². The van der Waals surface area contributed by atoms with E-state index < -0.39 is 0 Å². The minimum Gasteiger partial charge on any atom is -0.489 e. The zero-order valence-corrected chi connectivity index (χ0v) is 14.5. The molecule has 130 valence electrons. The second-order valence-corrected chi connectivity index (χ2v) is 5.60. The van der Waals surface area contributed by atoms with E-state index in [-0.39, 0.29) is 11.9 Å². The Hall–Kier alpha value is -1.63. The van der Waals surface area contributed by atoms with Crippen LogP contribution in [0, 0.1) is 0 Å². The average Bonchev–Trinajstić information content (AvgIpc) is 2.51. The predicted octanol–water partition coefficient (Wildman–Crippen LogP) is 1.83. The van der Waals surface area contributed by atoms with Crippen molar-refractivity contribution in [3.05, 3.63) is 23.8 Å². The topological polar surface area (TPSA) is 74.0 Å². The second kappa shape index (κ2) is 10.2. The highest BCUT2D eigenvalue weighted by atomic mass is 16.5. The van der Waals surface area contributed by atoms with Gasteiger partial charge in [-0.25, -0.2) is 0 Å². The van der Waals surface area contributed by atoms with E-state index in [4.69, 9.17) is 19.9 Å². The summed E-state index contributed by atoms with van der Waals surface area (Å²) < 4.78 is 15.7. The van der Waals surface area contributed by atoms with Gasteiger partial charge in [-0.15, -0.1) is 0 Å². The van der Waals surface area contributed by atoms with Gasteiger partial charge < -0.3 is 19.9 Å². The van der Waals surface area contributed by atoms with Crippen molar-refractivity contribution in [2.24, 2.45) is 0 Å². The summed E-state index contributed by atoms with van der Waals surface area (Å²) in [5.74, 6) is 0.618. The van der Waals surface area contributed by atoms with E-state index in [1.54, 1.807) is 32.4 Å². The molecule has 0 bridgehead atoms. The van der Waals surface area contributed by atoms with E-state index in [1.807, 2.05) is 18.7 Å². The lowest BCUT2D eigenvalue weighted by atomic mass is 10.1. The van der Waals surface area contributed by atoms with Crippen LogP contribution in [0.5, 0.6) is 5.75 Å². The minimum atomic E-state index is 0.0139. The van der Waals surface area contributed by atoms with Crippen LogP contribution in [0.2, 0.25) is 0 Å². The maximum Gasteiger partial charge on any atom is 0.176 e. The molecule has 0 fully saturated rings. The molecule has 0 amide bonds. The number of ether oxygens (including phenoxy) is 3. The number of carbonyl (C=O) groups excluding carboxylic acids is 1. The summed E-state index contributed by atoms with van der Waals surface area (Å²) in [5.41, 5.74) is 7.03. The molecule has 0 atom stereocenters. The van der Waals surface area contributed by atoms with Gasteiger partial charge in [-0.3, -0.25) is 9.69 Å². The van der Waals surface area contributed by atoms with Gasteiger partial charge in [0.25, 0.3) is 0 Å². The van der Waals surface area contributed by atoms with Gasteiger partial charge in [-0.05, 0) is 32.0 Å².